The maximum atomic E-state index is 13.2. The normalized spacial score (nSPS) is 21.4. The summed E-state index contributed by atoms with van der Waals surface area (Å²) in [6.07, 6.45) is -1.85. The van der Waals surface area contributed by atoms with Crippen LogP contribution in [-0.4, -0.2) is 103 Å². The Labute approximate surface area is 230 Å². The molecule has 38 heavy (non-hydrogen) atoms. The number of thiazole rings is 1. The van der Waals surface area contributed by atoms with Crippen LogP contribution in [0.5, 0.6) is 0 Å². The van der Waals surface area contributed by atoms with Crippen LogP contribution in [0.4, 0.5) is 0 Å². The van der Waals surface area contributed by atoms with E-state index in [1.165, 1.54) is 16.7 Å². The van der Waals surface area contributed by atoms with Crippen LogP contribution in [0, 0.1) is 6.92 Å². The van der Waals surface area contributed by atoms with Crippen LogP contribution in [0.1, 0.15) is 10.7 Å². The van der Waals surface area contributed by atoms with Gasteiger partial charge in [-0.1, -0.05) is 5.16 Å². The van der Waals surface area contributed by atoms with Crippen molar-refractivity contribution < 1.29 is 47.0 Å². The van der Waals surface area contributed by atoms with Gasteiger partial charge in [-0.2, -0.15) is 0 Å². The van der Waals surface area contributed by atoms with Gasteiger partial charge in [-0.3, -0.25) is 23.5 Å². The SMILES string of the molecule is [B]OC(=O)C1=C(CCl)CS(=O)[C@@H]2[C@H](NC(=O)/C(=N\O[C@@H](C[B]OC=O)C(=O)O[B])c3csc(C)n3)C(=O)N12. The number of oxime groups is 1. The van der Waals surface area contributed by atoms with Crippen LogP contribution in [0.3, 0.4) is 0 Å². The molecule has 2 aliphatic rings. The molecule has 4 atom stereocenters. The number of carbonyl (C=O) groups is 5. The number of nitrogens with one attached hydrogen (secondary N) is 1. The molecular weight excluding hydrogens is 564 g/mol. The highest BCUT2D eigenvalue weighted by Gasteiger charge is 2.57. The van der Waals surface area contributed by atoms with Crippen molar-refractivity contribution >= 4 is 93.3 Å². The molecule has 20 heteroatoms. The van der Waals surface area contributed by atoms with Gasteiger partial charge in [0.15, 0.2) is 5.71 Å². The van der Waals surface area contributed by atoms with Gasteiger partial charge in [0.1, 0.15) is 22.8 Å². The number of amides is 2. The summed E-state index contributed by atoms with van der Waals surface area (Å²) in [5.74, 6) is -4.28. The highest BCUT2D eigenvalue weighted by molar-refractivity contribution is 7.86. The van der Waals surface area contributed by atoms with Gasteiger partial charge in [0.2, 0.25) is 6.10 Å². The fourth-order valence-electron chi connectivity index (χ4n) is 3.44. The highest BCUT2D eigenvalue weighted by atomic mass is 35.5. The van der Waals surface area contributed by atoms with E-state index in [2.05, 4.69) is 29.4 Å². The standard InChI is InChI=1S/C18H15B3ClN4O10S2/c1-7-23-9(4-37-7)11(25-36-10(17(30)34-19)2-21-33-6-27)14(28)24-12-15(29)26-13(18(31)35-20)8(3-22)5-38(32)16(12)26/h4,6,10,12,16H,2-3,5H2,1H3,(H,24,28)/b25-11-/t10-,12+,16+,38?/m0/s1. The topological polar surface area (TPSA) is 180 Å². The summed E-state index contributed by atoms with van der Waals surface area (Å²) in [6.45, 7) is 1.76. The molecule has 2 amide bonds. The molecule has 1 unspecified atom stereocenters. The summed E-state index contributed by atoms with van der Waals surface area (Å²) in [7, 11) is 9.02. The number of hydrogen-bond acceptors (Lipinski definition) is 13. The molecule has 5 radical (unpaired) electrons. The van der Waals surface area contributed by atoms with Crippen LogP contribution in [-0.2, 0) is 53.6 Å². The summed E-state index contributed by atoms with van der Waals surface area (Å²) < 4.78 is 25.6. The molecule has 0 bridgehead atoms. The van der Waals surface area contributed by atoms with Crippen molar-refractivity contribution in [1.82, 2.24) is 15.2 Å². The number of aryl methyl sites for hydroxylation is 1. The molecule has 195 valence electrons. The van der Waals surface area contributed by atoms with Crippen LogP contribution in [0.15, 0.2) is 21.8 Å². The zero-order chi connectivity index (χ0) is 28.0. The summed E-state index contributed by atoms with van der Waals surface area (Å²) in [6, 6.07) is -1.33. The molecule has 3 rings (SSSR count). The predicted octanol–water partition coefficient (Wildman–Crippen LogP) is -2.09. The van der Waals surface area contributed by atoms with Gasteiger partial charge in [0.25, 0.3) is 18.3 Å². The number of fused-ring (bicyclic) bond motifs is 1. The first-order valence-electron chi connectivity index (χ1n) is 10.4. The molecule has 0 saturated carbocycles. The van der Waals surface area contributed by atoms with Gasteiger partial charge in [0.05, 0.1) is 21.6 Å². The van der Waals surface area contributed by atoms with Crippen molar-refractivity contribution in [1.29, 1.82) is 0 Å². The first-order valence-corrected chi connectivity index (χ1v) is 13.2. The average molecular weight is 579 g/mol. The number of β-lactam (4-membered cyclic amide) rings is 1. The van der Waals surface area contributed by atoms with E-state index >= 15 is 0 Å². The maximum Gasteiger partial charge on any atom is 0.378 e. The van der Waals surface area contributed by atoms with E-state index in [4.69, 9.17) is 32.5 Å². The molecule has 1 N–H and O–H groups in total. The van der Waals surface area contributed by atoms with E-state index in [-0.39, 0.29) is 41.4 Å². The zero-order valence-electron chi connectivity index (χ0n) is 19.4. The van der Waals surface area contributed by atoms with Gasteiger partial charge in [-0.15, -0.1) is 22.9 Å². The van der Waals surface area contributed by atoms with Crippen molar-refractivity contribution in [2.24, 2.45) is 5.16 Å². The number of carbonyl (C=O) groups excluding carboxylic acids is 5. The predicted molar refractivity (Wildman–Crippen MR) is 133 cm³/mol. The third-order valence-electron chi connectivity index (χ3n) is 5.14. The van der Waals surface area contributed by atoms with Crippen molar-refractivity contribution in [3.8, 4) is 0 Å². The van der Waals surface area contributed by atoms with E-state index < -0.39 is 57.8 Å². The molecule has 0 aromatic carbocycles. The Hall–Kier alpha value is -3.18. The van der Waals surface area contributed by atoms with E-state index in [9.17, 15) is 28.2 Å². The summed E-state index contributed by atoms with van der Waals surface area (Å²) >= 11 is 7.01. The highest BCUT2D eigenvalue weighted by Crippen LogP contribution is 2.35. The van der Waals surface area contributed by atoms with E-state index in [1.807, 2.05) is 0 Å². The number of hydrogen-bond donors (Lipinski definition) is 1. The molecule has 1 aromatic rings. The third kappa shape index (κ3) is 6.10. The Kier molecular flexibility index (Phi) is 10.1. The van der Waals surface area contributed by atoms with Crippen molar-refractivity contribution in [2.75, 3.05) is 11.6 Å². The zero-order valence-corrected chi connectivity index (χ0v) is 21.7. The minimum Gasteiger partial charge on any atom is -0.541 e. The number of nitrogens with zero attached hydrogens (tertiary/aromatic N) is 3. The maximum absolute atomic E-state index is 13.2. The number of alkyl halides is 1. The molecular formula is C18H15B3ClN4O10S2. The number of rotatable bonds is 12. The Bertz CT molecular complexity index is 1230. The van der Waals surface area contributed by atoms with Gasteiger partial charge in [-0.25, -0.2) is 14.6 Å². The van der Waals surface area contributed by atoms with Gasteiger partial charge in [0, 0.05) is 17.6 Å². The van der Waals surface area contributed by atoms with Crippen LogP contribution in [0.2, 0.25) is 6.32 Å². The molecule has 0 spiro atoms. The second-order valence-corrected chi connectivity index (χ2v) is 10.3. The fourth-order valence-corrected chi connectivity index (χ4v) is 6.06. The second kappa shape index (κ2) is 13.1. The molecule has 0 aliphatic carbocycles. The number of halogens is 1. The van der Waals surface area contributed by atoms with E-state index in [0.717, 1.165) is 12.4 Å². The van der Waals surface area contributed by atoms with Crippen LogP contribution < -0.4 is 5.32 Å². The monoisotopic (exact) mass is 579 g/mol. The lowest BCUT2D eigenvalue weighted by Gasteiger charge is -2.49. The smallest absolute Gasteiger partial charge is 0.378 e. The van der Waals surface area contributed by atoms with Crippen LogP contribution >= 0.6 is 22.9 Å². The Morgan fingerprint density at radius 3 is 2.74 bits per heavy atom. The molecule has 1 saturated heterocycles. The van der Waals surface area contributed by atoms with Crippen molar-refractivity contribution in [3.05, 3.63) is 27.4 Å². The summed E-state index contributed by atoms with van der Waals surface area (Å²) in [5, 5.41) is 7.00. The van der Waals surface area contributed by atoms with Gasteiger partial charge >= 0.3 is 35.5 Å². The van der Waals surface area contributed by atoms with E-state index in [0.29, 0.717) is 5.01 Å². The first-order chi connectivity index (χ1) is 18.2. The Morgan fingerprint density at radius 1 is 1.42 bits per heavy atom. The average Bonchev–Trinajstić information content (AvgIpc) is 3.34. The lowest BCUT2D eigenvalue weighted by Crippen LogP contribution is -2.74. The molecule has 1 aromatic heterocycles. The summed E-state index contributed by atoms with van der Waals surface area (Å²) in [5.41, 5.74) is -0.474. The lowest BCUT2D eigenvalue weighted by atomic mass is 9.91. The number of aromatic nitrogens is 1. The first kappa shape index (κ1) is 29.4. The minimum absolute atomic E-state index is 0.0307. The third-order valence-corrected chi connectivity index (χ3v) is 7.89. The minimum atomic E-state index is -1.75. The molecule has 14 nitrogen and oxygen atoms in total. The largest absolute Gasteiger partial charge is 0.541 e. The van der Waals surface area contributed by atoms with Crippen LogP contribution in [0.25, 0.3) is 0 Å². The van der Waals surface area contributed by atoms with Gasteiger partial charge in [-0.05, 0) is 12.5 Å². The lowest BCUT2D eigenvalue weighted by molar-refractivity contribution is -0.149. The molecule has 1 fully saturated rings. The molecule has 3 heterocycles. The second-order valence-electron chi connectivity index (χ2n) is 7.42. The molecule has 2 aliphatic heterocycles. The van der Waals surface area contributed by atoms with E-state index in [1.54, 1.807) is 6.92 Å². The van der Waals surface area contributed by atoms with Gasteiger partial charge < -0.3 is 24.1 Å². The Morgan fingerprint density at radius 2 is 2.16 bits per heavy atom. The fraction of sp³-hybridized carbons (Fsp3) is 0.389. The quantitative estimate of drug-likeness (QED) is 0.0546. The Balaban J connectivity index is 1.86. The van der Waals surface area contributed by atoms with Crippen molar-refractivity contribution in [3.63, 3.8) is 0 Å². The van der Waals surface area contributed by atoms with Crippen molar-refractivity contribution in [2.45, 2.75) is 30.8 Å². The summed E-state index contributed by atoms with van der Waals surface area (Å²) in [4.78, 5) is 70.7.